The molecule has 0 radical (unpaired) electrons. The zero-order valence-electron chi connectivity index (χ0n) is 11.5. The number of rotatable bonds is 5. The minimum atomic E-state index is -0.868. The number of allylic oxidation sites excluding steroid dienone is 3. The van der Waals surface area contributed by atoms with Gasteiger partial charge in [0.2, 0.25) is 0 Å². The van der Waals surface area contributed by atoms with Gasteiger partial charge in [0.1, 0.15) is 6.10 Å². The lowest BCUT2D eigenvalue weighted by Crippen LogP contribution is -2.25. The molecular formula is C13H17NO5. The fourth-order valence-electron chi connectivity index (χ4n) is 2.01. The van der Waals surface area contributed by atoms with Gasteiger partial charge in [-0.15, -0.1) is 10.1 Å². The van der Waals surface area contributed by atoms with Crippen molar-refractivity contribution in [3.05, 3.63) is 32.4 Å². The molecule has 0 spiro atoms. The minimum Gasteiger partial charge on any atom is -0.310 e. The van der Waals surface area contributed by atoms with Crippen LogP contribution in [-0.4, -0.2) is 22.8 Å². The van der Waals surface area contributed by atoms with Gasteiger partial charge in [-0.2, -0.15) is 0 Å². The van der Waals surface area contributed by atoms with Gasteiger partial charge >= 0.3 is 0 Å². The molecule has 0 bridgehead atoms. The molecule has 1 atom stereocenters. The number of Topliss-reactive ketones (excluding diaryl/α,β-unsaturated/α-hetero) is 2. The van der Waals surface area contributed by atoms with E-state index < -0.39 is 11.2 Å². The Labute approximate surface area is 111 Å². The summed E-state index contributed by atoms with van der Waals surface area (Å²) in [5.41, 5.74) is 1.52. The highest BCUT2D eigenvalue weighted by atomic mass is 17.0. The van der Waals surface area contributed by atoms with Crippen molar-refractivity contribution in [2.75, 3.05) is 0 Å². The summed E-state index contributed by atoms with van der Waals surface area (Å²) in [5.74, 6) is -0.400. The van der Waals surface area contributed by atoms with Crippen LogP contribution in [0.4, 0.5) is 0 Å². The molecule has 0 fully saturated rings. The molecule has 1 aliphatic carbocycles. The first-order valence-corrected chi connectivity index (χ1v) is 6.07. The van der Waals surface area contributed by atoms with E-state index in [0.717, 1.165) is 0 Å². The molecule has 0 heterocycles. The van der Waals surface area contributed by atoms with E-state index in [1.165, 1.54) is 0 Å². The van der Waals surface area contributed by atoms with Gasteiger partial charge in [0.05, 0.1) is 0 Å². The van der Waals surface area contributed by atoms with Crippen LogP contribution in [0.5, 0.6) is 0 Å². The first-order chi connectivity index (χ1) is 8.79. The molecule has 6 nitrogen and oxygen atoms in total. The van der Waals surface area contributed by atoms with E-state index in [4.69, 9.17) is 0 Å². The Bertz CT molecular complexity index is 501. The quantitative estimate of drug-likeness (QED) is 0.433. The van der Waals surface area contributed by atoms with Gasteiger partial charge in [0, 0.05) is 28.7 Å². The fourth-order valence-corrected chi connectivity index (χ4v) is 2.01. The van der Waals surface area contributed by atoms with Crippen LogP contribution in [-0.2, 0) is 14.4 Å². The summed E-state index contributed by atoms with van der Waals surface area (Å²) in [6, 6.07) is 0. The Hall–Kier alpha value is -1.98. The highest BCUT2D eigenvalue weighted by molar-refractivity contribution is 6.24. The molecule has 19 heavy (non-hydrogen) atoms. The van der Waals surface area contributed by atoms with Crippen molar-refractivity contribution >= 4 is 11.6 Å². The second kappa shape index (κ2) is 5.77. The topological polar surface area (TPSA) is 86.5 Å². The van der Waals surface area contributed by atoms with Crippen molar-refractivity contribution in [2.24, 2.45) is 0 Å². The normalized spacial score (nSPS) is 17.9. The molecular weight excluding hydrogens is 250 g/mol. The third-order valence-electron chi connectivity index (χ3n) is 3.43. The van der Waals surface area contributed by atoms with E-state index in [0.29, 0.717) is 28.7 Å². The molecule has 104 valence electrons. The second-order valence-electron chi connectivity index (χ2n) is 4.58. The van der Waals surface area contributed by atoms with Gasteiger partial charge in [-0.05, 0) is 27.2 Å². The SMILES string of the molecule is CCC(CC1=C(C)C(=O)C(C)=C(C)C1=O)O[N+](=O)[O-]. The molecule has 0 amide bonds. The highest BCUT2D eigenvalue weighted by Crippen LogP contribution is 2.28. The predicted octanol–water partition coefficient (Wildman–Crippen LogP) is 2.17. The van der Waals surface area contributed by atoms with Crippen molar-refractivity contribution in [2.45, 2.75) is 46.6 Å². The monoisotopic (exact) mass is 267 g/mol. The smallest absolute Gasteiger partial charge is 0.294 e. The van der Waals surface area contributed by atoms with Crippen molar-refractivity contribution in [1.29, 1.82) is 0 Å². The Morgan fingerprint density at radius 3 is 2.11 bits per heavy atom. The number of ketones is 2. The van der Waals surface area contributed by atoms with Crippen LogP contribution in [0.2, 0.25) is 0 Å². The predicted molar refractivity (Wildman–Crippen MR) is 67.9 cm³/mol. The molecule has 0 aromatic heterocycles. The van der Waals surface area contributed by atoms with Gasteiger partial charge in [-0.25, -0.2) is 0 Å². The van der Waals surface area contributed by atoms with Gasteiger partial charge in [-0.3, -0.25) is 9.59 Å². The molecule has 1 aliphatic rings. The van der Waals surface area contributed by atoms with Crippen molar-refractivity contribution in [3.8, 4) is 0 Å². The van der Waals surface area contributed by atoms with Gasteiger partial charge in [0.15, 0.2) is 11.6 Å². The molecule has 0 N–H and O–H groups in total. The summed E-state index contributed by atoms with van der Waals surface area (Å²) in [6.07, 6.45) is -0.234. The Morgan fingerprint density at radius 1 is 1.11 bits per heavy atom. The lowest BCUT2D eigenvalue weighted by atomic mass is 9.83. The molecule has 1 unspecified atom stereocenters. The Morgan fingerprint density at radius 2 is 1.63 bits per heavy atom. The Balaban J connectivity index is 3.02. The Kier molecular flexibility index (Phi) is 4.58. The molecule has 6 heteroatoms. The summed E-state index contributed by atoms with van der Waals surface area (Å²) >= 11 is 0. The number of hydrogen-bond acceptors (Lipinski definition) is 5. The van der Waals surface area contributed by atoms with Crippen molar-refractivity contribution in [1.82, 2.24) is 0 Å². The summed E-state index contributed by atoms with van der Waals surface area (Å²) < 4.78 is 0. The van der Waals surface area contributed by atoms with Crippen LogP contribution in [0.3, 0.4) is 0 Å². The highest BCUT2D eigenvalue weighted by Gasteiger charge is 2.29. The largest absolute Gasteiger partial charge is 0.310 e. The number of nitrogens with zero attached hydrogens (tertiary/aromatic N) is 1. The maximum absolute atomic E-state index is 12.1. The van der Waals surface area contributed by atoms with Crippen LogP contribution >= 0.6 is 0 Å². The van der Waals surface area contributed by atoms with E-state index in [1.54, 1.807) is 27.7 Å². The third-order valence-corrected chi connectivity index (χ3v) is 3.43. The fraction of sp³-hybridized carbons (Fsp3) is 0.538. The first kappa shape index (κ1) is 15.1. The summed E-state index contributed by atoms with van der Waals surface area (Å²) in [4.78, 5) is 38.9. The lowest BCUT2D eigenvalue weighted by Gasteiger charge is -2.21. The zero-order valence-corrected chi connectivity index (χ0v) is 11.5. The number of carbonyl (C=O) groups is 2. The molecule has 0 aliphatic heterocycles. The summed E-state index contributed by atoms with van der Waals surface area (Å²) in [7, 11) is 0. The van der Waals surface area contributed by atoms with E-state index in [1.807, 2.05) is 0 Å². The van der Waals surface area contributed by atoms with E-state index in [2.05, 4.69) is 4.84 Å². The number of hydrogen-bond donors (Lipinski definition) is 0. The van der Waals surface area contributed by atoms with E-state index >= 15 is 0 Å². The average molecular weight is 267 g/mol. The third kappa shape index (κ3) is 3.07. The van der Waals surface area contributed by atoms with Crippen LogP contribution < -0.4 is 0 Å². The average Bonchev–Trinajstić information content (AvgIpc) is 2.37. The molecule has 0 saturated heterocycles. The maximum atomic E-state index is 12.1. The second-order valence-corrected chi connectivity index (χ2v) is 4.58. The lowest BCUT2D eigenvalue weighted by molar-refractivity contribution is -0.768. The van der Waals surface area contributed by atoms with Gasteiger partial charge in [-0.1, -0.05) is 6.92 Å². The van der Waals surface area contributed by atoms with Crippen molar-refractivity contribution in [3.63, 3.8) is 0 Å². The minimum absolute atomic E-state index is 0.0819. The molecule has 1 rings (SSSR count). The van der Waals surface area contributed by atoms with E-state index in [-0.39, 0.29) is 18.0 Å². The first-order valence-electron chi connectivity index (χ1n) is 6.07. The van der Waals surface area contributed by atoms with E-state index in [9.17, 15) is 19.7 Å². The van der Waals surface area contributed by atoms with Gasteiger partial charge in [0.25, 0.3) is 5.09 Å². The van der Waals surface area contributed by atoms with Crippen LogP contribution in [0.25, 0.3) is 0 Å². The molecule has 0 saturated carbocycles. The zero-order chi connectivity index (χ0) is 14.7. The van der Waals surface area contributed by atoms with Crippen LogP contribution in [0.1, 0.15) is 40.5 Å². The van der Waals surface area contributed by atoms with Gasteiger partial charge < -0.3 is 4.84 Å². The number of carbonyl (C=O) groups excluding carboxylic acids is 2. The summed E-state index contributed by atoms with van der Waals surface area (Å²) in [6.45, 7) is 6.51. The summed E-state index contributed by atoms with van der Waals surface area (Å²) in [5, 5.41) is 9.49. The molecule has 0 aromatic rings. The van der Waals surface area contributed by atoms with Crippen LogP contribution in [0, 0.1) is 10.1 Å². The van der Waals surface area contributed by atoms with Crippen molar-refractivity contribution < 1.29 is 19.5 Å². The molecule has 0 aromatic carbocycles. The maximum Gasteiger partial charge on any atom is 0.294 e. The van der Waals surface area contributed by atoms with Crippen LogP contribution in [0.15, 0.2) is 22.3 Å². The standard InChI is InChI=1S/C13H17NO5/c1-5-10(19-14(17)18)6-11-9(4)12(15)7(2)8(3)13(11)16/h10H,5-6H2,1-4H3.